The Labute approximate surface area is 145 Å². The monoisotopic (exact) mass is 378 g/mol. The zero-order valence-corrected chi connectivity index (χ0v) is 14.7. The smallest absolute Gasteiger partial charge is 0.339 e. The van der Waals surface area contributed by atoms with Crippen molar-refractivity contribution in [3.8, 4) is 5.75 Å². The second kappa shape index (κ2) is 6.14. The van der Waals surface area contributed by atoms with Crippen molar-refractivity contribution in [2.24, 2.45) is 0 Å². The highest BCUT2D eigenvalue weighted by Gasteiger charge is 2.25. The molecule has 6 nitrogen and oxygen atoms in total. The van der Waals surface area contributed by atoms with Crippen molar-refractivity contribution in [2.45, 2.75) is 16.7 Å². The van der Waals surface area contributed by atoms with E-state index in [4.69, 9.17) is 4.18 Å². The van der Waals surface area contributed by atoms with Gasteiger partial charge in [-0.05, 0) is 30.5 Å². The molecule has 0 heterocycles. The Morgan fingerprint density at radius 2 is 1.48 bits per heavy atom. The number of rotatable bonds is 4. The van der Waals surface area contributed by atoms with E-state index in [2.05, 4.69) is 0 Å². The third-order valence-electron chi connectivity index (χ3n) is 3.61. The Bertz CT molecular complexity index is 1150. The quantitative estimate of drug-likeness (QED) is 0.553. The standard InChI is InChI=1S/C17H14O6S2/c1-12-6-9-14(10-7-12)25(21,22)23-16-11-8-13-4-2-3-5-15(13)17(16)24(18,19)20/h2-11H,1H3,(H,18,19,20). The Morgan fingerprint density at radius 1 is 0.840 bits per heavy atom. The molecule has 0 fully saturated rings. The van der Waals surface area contributed by atoms with Crippen LogP contribution in [0.15, 0.2) is 70.5 Å². The fourth-order valence-electron chi connectivity index (χ4n) is 2.43. The van der Waals surface area contributed by atoms with Crippen molar-refractivity contribution in [2.75, 3.05) is 0 Å². The molecule has 8 heteroatoms. The van der Waals surface area contributed by atoms with E-state index in [0.29, 0.717) is 5.39 Å². The predicted molar refractivity (Wildman–Crippen MR) is 92.8 cm³/mol. The normalized spacial score (nSPS) is 12.2. The van der Waals surface area contributed by atoms with Crippen LogP contribution < -0.4 is 4.18 Å². The Kier molecular flexibility index (Phi) is 4.28. The summed E-state index contributed by atoms with van der Waals surface area (Å²) in [6.45, 7) is 1.80. The van der Waals surface area contributed by atoms with Crippen molar-refractivity contribution < 1.29 is 25.6 Å². The average Bonchev–Trinajstić information content (AvgIpc) is 2.53. The molecular weight excluding hydrogens is 364 g/mol. The van der Waals surface area contributed by atoms with Crippen molar-refractivity contribution in [1.29, 1.82) is 0 Å². The molecular formula is C17H14O6S2. The van der Waals surface area contributed by atoms with Gasteiger partial charge in [-0.15, -0.1) is 0 Å². The molecule has 0 bridgehead atoms. The highest BCUT2D eigenvalue weighted by Crippen LogP contribution is 2.33. The molecule has 0 spiro atoms. The predicted octanol–water partition coefficient (Wildman–Crippen LogP) is 3.16. The molecule has 0 saturated heterocycles. The van der Waals surface area contributed by atoms with Crippen molar-refractivity contribution in [3.05, 3.63) is 66.2 Å². The summed E-state index contributed by atoms with van der Waals surface area (Å²) in [6.07, 6.45) is 0. The maximum Gasteiger partial charge on any atom is 0.339 e. The van der Waals surface area contributed by atoms with Crippen LogP contribution in [0.4, 0.5) is 0 Å². The van der Waals surface area contributed by atoms with Crippen LogP contribution in [0.25, 0.3) is 10.8 Å². The van der Waals surface area contributed by atoms with Crippen LogP contribution in [0.2, 0.25) is 0 Å². The van der Waals surface area contributed by atoms with Gasteiger partial charge in [-0.1, -0.05) is 48.0 Å². The first-order chi connectivity index (χ1) is 11.7. The van der Waals surface area contributed by atoms with E-state index in [9.17, 15) is 21.4 Å². The van der Waals surface area contributed by atoms with E-state index >= 15 is 0 Å². The summed E-state index contributed by atoms with van der Waals surface area (Å²) in [7, 11) is -8.97. The lowest BCUT2D eigenvalue weighted by molar-refractivity contribution is 0.465. The molecule has 130 valence electrons. The third-order valence-corrected chi connectivity index (χ3v) is 5.80. The SMILES string of the molecule is Cc1ccc(S(=O)(=O)Oc2ccc3ccccc3c2S(=O)(=O)O)cc1. The third kappa shape index (κ3) is 3.51. The van der Waals surface area contributed by atoms with Crippen LogP contribution in [0.3, 0.4) is 0 Å². The molecule has 0 aliphatic heterocycles. The highest BCUT2D eigenvalue weighted by molar-refractivity contribution is 7.87. The van der Waals surface area contributed by atoms with Gasteiger partial charge in [0.25, 0.3) is 10.1 Å². The second-order valence-electron chi connectivity index (χ2n) is 5.44. The molecule has 25 heavy (non-hydrogen) atoms. The lowest BCUT2D eigenvalue weighted by Crippen LogP contribution is -2.12. The molecule has 0 atom stereocenters. The molecule has 0 aromatic heterocycles. The summed E-state index contributed by atoms with van der Waals surface area (Å²) >= 11 is 0. The molecule has 0 saturated carbocycles. The minimum absolute atomic E-state index is 0.118. The Balaban J connectivity index is 2.18. The van der Waals surface area contributed by atoms with E-state index < -0.39 is 30.9 Å². The van der Waals surface area contributed by atoms with Crippen LogP contribution in [-0.2, 0) is 20.2 Å². The van der Waals surface area contributed by atoms with Gasteiger partial charge in [-0.25, -0.2) is 0 Å². The first-order valence-electron chi connectivity index (χ1n) is 7.19. The van der Waals surface area contributed by atoms with Gasteiger partial charge in [-0.2, -0.15) is 16.8 Å². The number of benzene rings is 3. The summed E-state index contributed by atoms with van der Waals surface area (Å²) in [4.78, 5) is -0.700. The first kappa shape index (κ1) is 17.4. The molecule has 3 aromatic carbocycles. The molecule has 0 radical (unpaired) electrons. The van der Waals surface area contributed by atoms with E-state index in [0.717, 1.165) is 5.56 Å². The first-order valence-corrected chi connectivity index (χ1v) is 10.0. The lowest BCUT2D eigenvalue weighted by Gasteiger charge is -2.12. The van der Waals surface area contributed by atoms with Crippen LogP contribution >= 0.6 is 0 Å². The number of hydrogen-bond donors (Lipinski definition) is 1. The van der Waals surface area contributed by atoms with Gasteiger partial charge < -0.3 is 4.18 Å². The van der Waals surface area contributed by atoms with Crippen LogP contribution in [0.1, 0.15) is 5.56 Å². The van der Waals surface area contributed by atoms with Crippen LogP contribution in [0.5, 0.6) is 5.75 Å². The van der Waals surface area contributed by atoms with E-state index in [1.165, 1.54) is 30.3 Å². The molecule has 3 aromatic rings. The maximum atomic E-state index is 12.4. The van der Waals surface area contributed by atoms with Gasteiger partial charge in [0.1, 0.15) is 9.79 Å². The number of hydrogen-bond acceptors (Lipinski definition) is 5. The fourth-order valence-corrected chi connectivity index (χ4v) is 4.25. The molecule has 0 aliphatic carbocycles. The second-order valence-corrected chi connectivity index (χ2v) is 8.34. The van der Waals surface area contributed by atoms with Gasteiger partial charge >= 0.3 is 10.1 Å². The molecule has 3 rings (SSSR count). The summed E-state index contributed by atoms with van der Waals surface area (Å²) in [5.41, 5.74) is 0.864. The van der Waals surface area contributed by atoms with Gasteiger partial charge in [0.15, 0.2) is 5.75 Å². The van der Waals surface area contributed by atoms with E-state index in [-0.39, 0.29) is 10.3 Å². The van der Waals surface area contributed by atoms with Crippen LogP contribution in [0, 0.1) is 6.92 Å². The van der Waals surface area contributed by atoms with Crippen molar-refractivity contribution in [1.82, 2.24) is 0 Å². The molecule has 0 unspecified atom stereocenters. The maximum absolute atomic E-state index is 12.4. The van der Waals surface area contributed by atoms with Gasteiger partial charge in [0.05, 0.1) is 0 Å². The summed E-state index contributed by atoms with van der Waals surface area (Å²) < 4.78 is 63.1. The zero-order chi connectivity index (χ0) is 18.2. The Hall–Kier alpha value is -2.42. The summed E-state index contributed by atoms with van der Waals surface area (Å²) in [5.74, 6) is -0.457. The number of aryl methyl sites for hydroxylation is 1. The van der Waals surface area contributed by atoms with Gasteiger partial charge in [0, 0.05) is 5.39 Å². The summed E-state index contributed by atoms with van der Waals surface area (Å²) in [5, 5.41) is 0.691. The average molecular weight is 378 g/mol. The largest absolute Gasteiger partial charge is 0.377 e. The topological polar surface area (TPSA) is 97.7 Å². The molecule has 1 N–H and O–H groups in total. The van der Waals surface area contributed by atoms with E-state index in [1.54, 1.807) is 37.3 Å². The molecule has 0 amide bonds. The zero-order valence-electron chi connectivity index (χ0n) is 13.1. The summed E-state index contributed by atoms with van der Waals surface area (Å²) in [6, 6.07) is 15.0. The highest BCUT2D eigenvalue weighted by atomic mass is 32.2. The fraction of sp³-hybridized carbons (Fsp3) is 0.0588. The lowest BCUT2D eigenvalue weighted by atomic mass is 10.1. The van der Waals surface area contributed by atoms with Gasteiger partial charge in [-0.3, -0.25) is 4.55 Å². The Morgan fingerprint density at radius 3 is 2.12 bits per heavy atom. The van der Waals surface area contributed by atoms with Gasteiger partial charge in [0.2, 0.25) is 0 Å². The van der Waals surface area contributed by atoms with E-state index in [1.807, 2.05) is 0 Å². The minimum atomic E-state index is -4.71. The van der Waals surface area contributed by atoms with Crippen molar-refractivity contribution in [3.63, 3.8) is 0 Å². The van der Waals surface area contributed by atoms with Crippen LogP contribution in [-0.4, -0.2) is 21.4 Å². The molecule has 0 aliphatic rings. The number of fused-ring (bicyclic) bond motifs is 1. The minimum Gasteiger partial charge on any atom is -0.377 e. The van der Waals surface area contributed by atoms with Crippen molar-refractivity contribution >= 4 is 31.0 Å².